The second kappa shape index (κ2) is 4.87. The van der Waals surface area contributed by atoms with Crippen molar-refractivity contribution in [2.24, 2.45) is 5.73 Å². The zero-order valence-electron chi connectivity index (χ0n) is 8.03. The first kappa shape index (κ1) is 10.1. The smallest absolute Gasteiger partial charge is 0.115 e. The van der Waals surface area contributed by atoms with Crippen molar-refractivity contribution in [3.63, 3.8) is 0 Å². The van der Waals surface area contributed by atoms with Gasteiger partial charge in [0.15, 0.2) is 0 Å². The zero-order valence-corrected chi connectivity index (χ0v) is 8.03. The van der Waals surface area contributed by atoms with Gasteiger partial charge in [0, 0.05) is 6.04 Å². The Kier molecular flexibility index (Phi) is 3.77. The number of nitrogens with two attached hydrogens (primary N) is 1. The van der Waals surface area contributed by atoms with Crippen LogP contribution in [0.25, 0.3) is 0 Å². The van der Waals surface area contributed by atoms with Crippen molar-refractivity contribution in [1.82, 2.24) is 0 Å². The molecule has 1 aromatic carbocycles. The summed E-state index contributed by atoms with van der Waals surface area (Å²) in [7, 11) is 0. The fourth-order valence-corrected chi connectivity index (χ4v) is 1.34. The summed E-state index contributed by atoms with van der Waals surface area (Å²) in [5, 5.41) is 9.20. The number of phenols is 1. The molecule has 0 bridgehead atoms. The molecule has 2 heteroatoms. The maximum absolute atomic E-state index is 9.20. The van der Waals surface area contributed by atoms with Crippen molar-refractivity contribution < 1.29 is 5.11 Å². The highest BCUT2D eigenvalue weighted by atomic mass is 16.3. The van der Waals surface area contributed by atoms with Crippen LogP contribution in [0.15, 0.2) is 24.3 Å². The monoisotopic (exact) mass is 179 g/mol. The fraction of sp³-hybridized carbons (Fsp3) is 0.455. The van der Waals surface area contributed by atoms with Crippen molar-refractivity contribution in [3.8, 4) is 5.75 Å². The summed E-state index contributed by atoms with van der Waals surface area (Å²) in [4.78, 5) is 0. The zero-order chi connectivity index (χ0) is 9.68. The summed E-state index contributed by atoms with van der Waals surface area (Å²) < 4.78 is 0. The van der Waals surface area contributed by atoms with Crippen molar-refractivity contribution >= 4 is 0 Å². The quantitative estimate of drug-likeness (QED) is 0.743. The SMILES string of the molecule is CC(N)CCCc1cccc(O)c1. The molecule has 0 fully saturated rings. The highest BCUT2D eigenvalue weighted by molar-refractivity contribution is 5.27. The lowest BCUT2D eigenvalue weighted by Gasteiger charge is -2.04. The van der Waals surface area contributed by atoms with Crippen LogP contribution in [0.3, 0.4) is 0 Å². The van der Waals surface area contributed by atoms with Crippen LogP contribution >= 0.6 is 0 Å². The van der Waals surface area contributed by atoms with Gasteiger partial charge in [0.25, 0.3) is 0 Å². The van der Waals surface area contributed by atoms with Crippen LogP contribution in [0.1, 0.15) is 25.3 Å². The highest BCUT2D eigenvalue weighted by Crippen LogP contribution is 2.13. The van der Waals surface area contributed by atoms with Crippen LogP contribution < -0.4 is 5.73 Å². The normalized spacial score (nSPS) is 12.8. The van der Waals surface area contributed by atoms with Crippen molar-refractivity contribution in [1.29, 1.82) is 0 Å². The van der Waals surface area contributed by atoms with E-state index in [2.05, 4.69) is 0 Å². The topological polar surface area (TPSA) is 46.2 Å². The summed E-state index contributed by atoms with van der Waals surface area (Å²) in [5.41, 5.74) is 6.82. The van der Waals surface area contributed by atoms with E-state index in [1.54, 1.807) is 12.1 Å². The lowest BCUT2D eigenvalue weighted by Crippen LogP contribution is -2.14. The minimum absolute atomic E-state index is 0.275. The van der Waals surface area contributed by atoms with E-state index in [1.165, 1.54) is 5.56 Å². The Morgan fingerprint density at radius 1 is 1.46 bits per heavy atom. The summed E-state index contributed by atoms with van der Waals surface area (Å²) in [6.07, 6.45) is 3.12. The molecule has 0 spiro atoms. The Balaban J connectivity index is 2.37. The maximum Gasteiger partial charge on any atom is 0.115 e. The van der Waals surface area contributed by atoms with Gasteiger partial charge in [-0.3, -0.25) is 0 Å². The molecular weight excluding hydrogens is 162 g/mol. The molecule has 72 valence electrons. The van der Waals surface area contributed by atoms with Crippen molar-refractivity contribution in [2.75, 3.05) is 0 Å². The minimum Gasteiger partial charge on any atom is -0.508 e. The number of aromatic hydroxyl groups is 1. The molecule has 0 aliphatic carbocycles. The lowest BCUT2D eigenvalue weighted by molar-refractivity contribution is 0.474. The third-order valence-electron chi connectivity index (χ3n) is 2.04. The van der Waals surface area contributed by atoms with E-state index in [0.717, 1.165) is 19.3 Å². The van der Waals surface area contributed by atoms with Gasteiger partial charge in [-0.2, -0.15) is 0 Å². The summed E-state index contributed by atoms with van der Waals surface area (Å²) in [6, 6.07) is 7.67. The average molecular weight is 179 g/mol. The summed E-state index contributed by atoms with van der Waals surface area (Å²) >= 11 is 0. The summed E-state index contributed by atoms with van der Waals surface area (Å²) in [6.45, 7) is 2.02. The average Bonchev–Trinajstić information content (AvgIpc) is 2.03. The third-order valence-corrected chi connectivity index (χ3v) is 2.04. The van der Waals surface area contributed by atoms with Crippen LogP contribution in [0, 0.1) is 0 Å². The van der Waals surface area contributed by atoms with Gasteiger partial charge in [-0.25, -0.2) is 0 Å². The summed E-state index contributed by atoms with van der Waals surface area (Å²) in [5.74, 6) is 0.346. The standard InChI is InChI=1S/C11H17NO/c1-9(12)4-2-5-10-6-3-7-11(13)8-10/h3,6-9,13H,2,4-5,12H2,1H3. The first-order valence-corrected chi connectivity index (χ1v) is 4.72. The number of benzene rings is 1. The van der Waals surface area contributed by atoms with Crippen LogP contribution in [0.4, 0.5) is 0 Å². The molecule has 0 saturated carbocycles. The van der Waals surface area contributed by atoms with Gasteiger partial charge in [0.2, 0.25) is 0 Å². The first-order chi connectivity index (χ1) is 6.18. The second-order valence-corrected chi connectivity index (χ2v) is 3.54. The maximum atomic E-state index is 9.20. The predicted octanol–water partition coefficient (Wildman–Crippen LogP) is 2.06. The van der Waals surface area contributed by atoms with E-state index < -0.39 is 0 Å². The molecule has 0 saturated heterocycles. The number of hydrogen-bond acceptors (Lipinski definition) is 2. The van der Waals surface area contributed by atoms with E-state index in [9.17, 15) is 5.11 Å². The molecule has 1 aromatic rings. The molecule has 13 heavy (non-hydrogen) atoms. The molecule has 0 aromatic heterocycles. The molecule has 1 unspecified atom stereocenters. The van der Waals surface area contributed by atoms with E-state index >= 15 is 0 Å². The lowest BCUT2D eigenvalue weighted by atomic mass is 10.1. The first-order valence-electron chi connectivity index (χ1n) is 4.72. The van der Waals surface area contributed by atoms with Crippen LogP contribution in [0.2, 0.25) is 0 Å². The molecule has 1 rings (SSSR count). The fourth-order valence-electron chi connectivity index (χ4n) is 1.34. The Hall–Kier alpha value is -1.02. The molecule has 0 amide bonds. The molecule has 2 nitrogen and oxygen atoms in total. The Labute approximate surface area is 79.4 Å². The molecule has 3 N–H and O–H groups in total. The van der Waals surface area contributed by atoms with E-state index in [1.807, 2.05) is 19.1 Å². The van der Waals surface area contributed by atoms with Crippen LogP contribution in [-0.2, 0) is 6.42 Å². The van der Waals surface area contributed by atoms with Gasteiger partial charge in [-0.05, 0) is 43.9 Å². The van der Waals surface area contributed by atoms with Gasteiger partial charge in [-0.15, -0.1) is 0 Å². The van der Waals surface area contributed by atoms with E-state index in [-0.39, 0.29) is 6.04 Å². The van der Waals surface area contributed by atoms with Gasteiger partial charge >= 0.3 is 0 Å². The van der Waals surface area contributed by atoms with Crippen LogP contribution in [-0.4, -0.2) is 11.1 Å². The number of hydrogen-bond donors (Lipinski definition) is 2. The van der Waals surface area contributed by atoms with Crippen molar-refractivity contribution in [3.05, 3.63) is 29.8 Å². The molecule has 0 aliphatic heterocycles. The van der Waals surface area contributed by atoms with Gasteiger partial charge in [0.1, 0.15) is 5.75 Å². The van der Waals surface area contributed by atoms with E-state index in [0.29, 0.717) is 5.75 Å². The van der Waals surface area contributed by atoms with Crippen molar-refractivity contribution in [2.45, 2.75) is 32.2 Å². The minimum atomic E-state index is 0.275. The third kappa shape index (κ3) is 3.95. The van der Waals surface area contributed by atoms with Gasteiger partial charge in [-0.1, -0.05) is 12.1 Å². The van der Waals surface area contributed by atoms with Gasteiger partial charge in [0.05, 0.1) is 0 Å². The number of rotatable bonds is 4. The van der Waals surface area contributed by atoms with Gasteiger partial charge < -0.3 is 10.8 Å². The molecule has 1 atom stereocenters. The second-order valence-electron chi connectivity index (χ2n) is 3.54. The molecule has 0 radical (unpaired) electrons. The largest absolute Gasteiger partial charge is 0.508 e. The Morgan fingerprint density at radius 3 is 2.85 bits per heavy atom. The number of phenolic OH excluding ortho intramolecular Hbond substituents is 1. The van der Waals surface area contributed by atoms with Crippen LogP contribution in [0.5, 0.6) is 5.75 Å². The highest BCUT2D eigenvalue weighted by Gasteiger charge is 1.97. The molecular formula is C11H17NO. The van der Waals surface area contributed by atoms with E-state index in [4.69, 9.17) is 5.73 Å². The molecule has 0 heterocycles. The molecule has 0 aliphatic rings. The number of aryl methyl sites for hydroxylation is 1. The Bertz CT molecular complexity index is 258. The predicted molar refractivity (Wildman–Crippen MR) is 54.7 cm³/mol. The Morgan fingerprint density at radius 2 is 2.23 bits per heavy atom.